The molecule has 0 amide bonds. The zero-order valence-electron chi connectivity index (χ0n) is 55.0. The maximum atomic E-state index is 12.3. The molecule has 2 N–H and O–H groups in total. The van der Waals surface area contributed by atoms with Crippen LogP contribution in [-0.2, 0) is 35.9 Å². The van der Waals surface area contributed by atoms with Crippen LogP contribution in [-0.4, -0.2) is 62.1 Å². The number of fused-ring (bicyclic) bond motifs is 6. The third kappa shape index (κ3) is 15.1. The summed E-state index contributed by atoms with van der Waals surface area (Å²) < 4.78 is 52.4. The number of rotatable bonds is 22. The molecule has 2 unspecified atom stereocenters. The predicted molar refractivity (Wildman–Crippen MR) is 370 cm³/mol. The first kappa shape index (κ1) is 68.3. The Morgan fingerprint density at radius 1 is 0.469 bits per heavy atom. The summed E-state index contributed by atoms with van der Waals surface area (Å²) in [5, 5.41) is 33.4. The number of methoxy groups -OCH3 is 2. The number of aliphatic hydroxyl groups is 1. The van der Waals surface area contributed by atoms with Gasteiger partial charge in [0.15, 0.2) is 29.1 Å². The smallest absolute Gasteiger partial charge is 0.546 e. The van der Waals surface area contributed by atoms with Crippen molar-refractivity contribution in [2.45, 2.75) is 59.3 Å². The molecule has 0 aliphatic carbocycles. The fraction of sp³-hybridized carbons (Fsp3) is 0.150. The van der Waals surface area contributed by atoms with E-state index in [9.17, 15) is 19.8 Å². The Morgan fingerprint density at radius 2 is 0.837 bits per heavy atom. The summed E-state index contributed by atoms with van der Waals surface area (Å²) in [5.74, 6) is 3.51. The number of carbonyl (C=O) groups excluding carboxylic acids is 1. The minimum Gasteiger partial charge on any atom is -0.546 e. The third-order valence-electron chi connectivity index (χ3n) is 16.3. The van der Waals surface area contributed by atoms with Crippen molar-refractivity contribution in [1.29, 1.82) is 0 Å². The number of para-hydroxylation sites is 2. The summed E-state index contributed by atoms with van der Waals surface area (Å²) in [6, 6.07) is 76.6. The summed E-state index contributed by atoms with van der Waals surface area (Å²) in [4.78, 5) is 33.7. The molecule has 0 saturated carbocycles. The molecule has 4 aromatic heterocycles. The van der Waals surface area contributed by atoms with Crippen molar-refractivity contribution in [3.8, 4) is 57.4 Å². The van der Waals surface area contributed by atoms with Gasteiger partial charge in [0.2, 0.25) is 17.9 Å². The summed E-state index contributed by atoms with van der Waals surface area (Å²) in [7, 11) is 3.24. The average Bonchev–Trinajstić information content (AvgIpc) is 1.60. The van der Waals surface area contributed by atoms with Crippen LogP contribution in [0.4, 0.5) is 0 Å². The number of nitrogens with zero attached hydrogens (tertiary/aromatic N) is 4. The number of carboxylic acids is 2. The summed E-state index contributed by atoms with van der Waals surface area (Å²) in [5.41, 5.74) is 10.1. The van der Waals surface area contributed by atoms with Crippen molar-refractivity contribution in [2.75, 3.05) is 20.8 Å². The Labute approximate surface area is 587 Å². The fourth-order valence-electron chi connectivity index (χ4n) is 11.7. The molecule has 0 spiro atoms. The molecule has 98 heavy (non-hydrogen) atoms. The van der Waals surface area contributed by atoms with Gasteiger partial charge in [-0.3, -0.25) is 0 Å². The number of hydrogen-bond donors (Lipinski definition) is 2. The van der Waals surface area contributed by atoms with Crippen molar-refractivity contribution >= 4 is 55.6 Å². The molecular weight excluding hydrogens is 1250 g/mol. The second-order valence-electron chi connectivity index (χ2n) is 22.6. The summed E-state index contributed by atoms with van der Waals surface area (Å²) in [6.45, 7) is 7.20. The van der Waals surface area contributed by atoms with Gasteiger partial charge in [0.25, 0.3) is 0 Å². The monoisotopic (exact) mass is 1320 g/mol. The molecule has 488 valence electrons. The first-order valence-corrected chi connectivity index (χ1v) is 31.5. The Kier molecular flexibility index (Phi) is 22.1. The maximum Gasteiger partial charge on any atom is 1.00 e. The number of carboxylic acid groups (broad SMARTS) is 2. The molecule has 14 aromatic rings. The molecular formula is C80H69N4NaO13. The van der Waals surface area contributed by atoms with E-state index in [0.717, 1.165) is 71.6 Å². The van der Waals surface area contributed by atoms with Crippen LogP contribution in [0.1, 0.15) is 64.3 Å². The van der Waals surface area contributed by atoms with Gasteiger partial charge >= 0.3 is 35.5 Å². The van der Waals surface area contributed by atoms with E-state index in [1.54, 1.807) is 63.6 Å². The second kappa shape index (κ2) is 31.6. The number of aromatic nitrogens is 4. The van der Waals surface area contributed by atoms with Gasteiger partial charge in [0.1, 0.15) is 47.6 Å². The standard InChI is InChI=1S/2C39H32N2O6.C2H6O.Na/c2*1-25-30(40-38(46-25)28-14-7-4-8-15-28)24-45-33-21-20-26(22-35(33)44-2)23-41-31-17-10-9-16-29(31)36-32(41)18-11-19-34(36)47-37(39(42)43)27-12-5-3-6-13-27;1-2-3;/h2*3-22,37H,23-24H2,1-2H3,(H,42,43);3H,2H2,1H3;/q;;;+1/p-1. The van der Waals surface area contributed by atoms with E-state index < -0.39 is 24.1 Å². The SMILES string of the molecule is CCO.COc1cc(Cn2c3ccccc3c3c(OC(C(=O)O)c4ccccc4)cccc32)ccc1OCc1nc(-c2ccccc2)oc1C.COc1cc(Cn2c3ccccc3c3c(OC(C(=O)[O-])c4ccccc4)cccc32)ccc1OCc1nc(-c2ccccc2)oc1C.[Na+]. The first-order chi connectivity index (χ1) is 47.4. The maximum absolute atomic E-state index is 12.3. The van der Waals surface area contributed by atoms with E-state index in [1.165, 1.54) is 0 Å². The minimum absolute atomic E-state index is 0. The topological polar surface area (TPSA) is 215 Å². The van der Waals surface area contributed by atoms with Crippen molar-refractivity contribution in [3.63, 3.8) is 0 Å². The number of aryl methyl sites for hydroxylation is 2. The average molecular weight is 1320 g/mol. The first-order valence-electron chi connectivity index (χ1n) is 31.5. The van der Waals surface area contributed by atoms with Gasteiger partial charge in [-0.25, -0.2) is 14.8 Å². The third-order valence-corrected chi connectivity index (χ3v) is 16.3. The van der Waals surface area contributed by atoms with Gasteiger partial charge in [-0.1, -0.05) is 158 Å². The zero-order valence-corrected chi connectivity index (χ0v) is 57.0. The summed E-state index contributed by atoms with van der Waals surface area (Å²) >= 11 is 0. The van der Waals surface area contributed by atoms with Crippen molar-refractivity contribution < 1.29 is 91.7 Å². The van der Waals surface area contributed by atoms with E-state index in [4.69, 9.17) is 42.4 Å². The molecule has 0 aliphatic rings. The van der Waals surface area contributed by atoms with Crippen LogP contribution in [0.5, 0.6) is 34.5 Å². The minimum atomic E-state index is -1.30. The van der Waals surface area contributed by atoms with Crippen LogP contribution in [0.15, 0.2) is 251 Å². The molecule has 0 aliphatic heterocycles. The number of ether oxygens (including phenoxy) is 6. The van der Waals surface area contributed by atoms with Gasteiger partial charge in [-0.2, -0.15) is 0 Å². The van der Waals surface area contributed by atoms with Crippen molar-refractivity contribution in [3.05, 3.63) is 288 Å². The van der Waals surface area contributed by atoms with E-state index in [1.807, 2.05) is 208 Å². The number of aliphatic hydroxyl groups excluding tert-OH is 1. The number of carbonyl (C=O) groups is 2. The predicted octanol–water partition coefficient (Wildman–Crippen LogP) is 12.9. The van der Waals surface area contributed by atoms with Crippen LogP contribution >= 0.6 is 0 Å². The molecule has 10 aromatic carbocycles. The van der Waals surface area contributed by atoms with Crippen LogP contribution < -0.4 is 63.1 Å². The van der Waals surface area contributed by atoms with Gasteiger partial charge in [-0.15, -0.1) is 0 Å². The van der Waals surface area contributed by atoms with Crippen molar-refractivity contribution in [1.82, 2.24) is 19.1 Å². The Hall–Kier alpha value is -11.1. The van der Waals surface area contributed by atoms with Crippen LogP contribution in [0.2, 0.25) is 0 Å². The molecule has 0 fully saturated rings. The number of hydrogen-bond acceptors (Lipinski definition) is 14. The fourth-order valence-corrected chi connectivity index (χ4v) is 11.7. The van der Waals surface area contributed by atoms with E-state index in [2.05, 4.69) is 25.2 Å². The molecule has 0 saturated heterocycles. The summed E-state index contributed by atoms with van der Waals surface area (Å²) in [6.07, 6.45) is -2.40. The van der Waals surface area contributed by atoms with Gasteiger partial charge in [-0.05, 0) is 122 Å². The van der Waals surface area contributed by atoms with Gasteiger partial charge in [0.05, 0.1) is 31.2 Å². The van der Waals surface area contributed by atoms with Crippen LogP contribution in [0.3, 0.4) is 0 Å². The molecule has 2 atom stereocenters. The van der Waals surface area contributed by atoms with Gasteiger partial charge in [0, 0.05) is 69.0 Å². The molecule has 17 nitrogen and oxygen atoms in total. The molecule has 0 radical (unpaired) electrons. The van der Waals surface area contributed by atoms with E-state index >= 15 is 0 Å². The normalized spacial score (nSPS) is 11.6. The number of oxazole rings is 2. The van der Waals surface area contributed by atoms with Crippen LogP contribution in [0.25, 0.3) is 66.5 Å². The molecule has 0 bridgehead atoms. The second-order valence-corrected chi connectivity index (χ2v) is 22.6. The molecule has 4 heterocycles. The quantitative estimate of drug-likeness (QED) is 0.0604. The largest absolute Gasteiger partial charge is 1.00 e. The number of benzene rings is 10. The molecule has 14 rings (SSSR count). The van der Waals surface area contributed by atoms with E-state index in [0.29, 0.717) is 87.7 Å². The van der Waals surface area contributed by atoms with Gasteiger partial charge < -0.3 is 66.5 Å². The van der Waals surface area contributed by atoms with E-state index in [-0.39, 0.29) is 49.4 Å². The number of aliphatic carboxylic acids is 2. The Morgan fingerprint density at radius 3 is 1.23 bits per heavy atom. The van der Waals surface area contributed by atoms with Crippen molar-refractivity contribution in [2.24, 2.45) is 0 Å². The molecule has 18 heteroatoms. The Balaban J connectivity index is 0.000000189. The Bertz CT molecular complexity index is 4720. The zero-order chi connectivity index (χ0) is 67.4. The van der Waals surface area contributed by atoms with Crippen LogP contribution in [0, 0.1) is 13.8 Å².